The van der Waals surface area contributed by atoms with Crippen LogP contribution in [0.2, 0.25) is 0 Å². The normalized spacial score (nSPS) is 10.9. The van der Waals surface area contributed by atoms with Crippen molar-refractivity contribution < 1.29 is 9.84 Å². The van der Waals surface area contributed by atoms with E-state index in [1.165, 1.54) is 16.7 Å². The summed E-state index contributed by atoms with van der Waals surface area (Å²) in [7, 11) is 1.68. The summed E-state index contributed by atoms with van der Waals surface area (Å²) in [5, 5.41) is 9.81. The van der Waals surface area contributed by atoms with Crippen molar-refractivity contribution in [3.8, 4) is 28.1 Å². The van der Waals surface area contributed by atoms with Gasteiger partial charge in [-0.25, -0.2) is 0 Å². The fourth-order valence-electron chi connectivity index (χ4n) is 3.58. The molecule has 29 heavy (non-hydrogen) atoms. The lowest BCUT2D eigenvalue weighted by Gasteiger charge is -2.14. The Hall–Kier alpha value is -3.30. The van der Waals surface area contributed by atoms with Crippen molar-refractivity contribution in [2.45, 2.75) is 20.1 Å². The monoisotopic (exact) mass is 383 g/mol. The van der Waals surface area contributed by atoms with Gasteiger partial charge in [0.1, 0.15) is 5.75 Å². The van der Waals surface area contributed by atoms with Gasteiger partial charge in [0.2, 0.25) is 0 Å². The molecule has 1 aromatic heterocycles. The molecule has 0 saturated heterocycles. The Labute approximate surface area is 171 Å². The smallest absolute Gasteiger partial charge is 0.118 e. The second-order valence-corrected chi connectivity index (χ2v) is 7.25. The number of rotatable bonds is 6. The molecule has 146 valence electrons. The summed E-state index contributed by atoms with van der Waals surface area (Å²) < 4.78 is 7.42. The van der Waals surface area contributed by atoms with Crippen LogP contribution in [0.1, 0.15) is 16.8 Å². The van der Waals surface area contributed by atoms with Crippen molar-refractivity contribution in [2.75, 3.05) is 7.11 Å². The average molecular weight is 383 g/mol. The lowest BCUT2D eigenvalue weighted by molar-refractivity contribution is 0.272. The van der Waals surface area contributed by atoms with Gasteiger partial charge in [-0.2, -0.15) is 0 Å². The van der Waals surface area contributed by atoms with Crippen molar-refractivity contribution in [1.29, 1.82) is 0 Å². The van der Waals surface area contributed by atoms with E-state index in [1.54, 1.807) is 7.11 Å². The van der Waals surface area contributed by atoms with Crippen molar-refractivity contribution in [1.82, 2.24) is 4.57 Å². The first-order valence-electron chi connectivity index (χ1n) is 9.77. The number of aliphatic hydroxyl groups excluding tert-OH is 1. The molecule has 0 spiro atoms. The SMILES string of the molecule is COc1ccc(-c2ccc(Cn3c(CO)ccc3-c3ccc(C)cc3)cc2)cc1. The highest BCUT2D eigenvalue weighted by Gasteiger charge is 2.10. The van der Waals surface area contributed by atoms with Crippen LogP contribution < -0.4 is 4.74 Å². The van der Waals surface area contributed by atoms with Crippen LogP contribution in [0.25, 0.3) is 22.4 Å². The Morgan fingerprint density at radius 2 is 1.31 bits per heavy atom. The second-order valence-electron chi connectivity index (χ2n) is 7.25. The molecule has 1 N–H and O–H groups in total. The number of hydrogen-bond acceptors (Lipinski definition) is 2. The first-order valence-corrected chi connectivity index (χ1v) is 9.77. The number of nitrogens with zero attached hydrogens (tertiary/aromatic N) is 1. The lowest BCUT2D eigenvalue weighted by atomic mass is 10.0. The molecule has 0 saturated carbocycles. The van der Waals surface area contributed by atoms with Gasteiger partial charge in [0.25, 0.3) is 0 Å². The van der Waals surface area contributed by atoms with Gasteiger partial charge in [-0.15, -0.1) is 0 Å². The standard InChI is InChI=1S/C26H25NO2/c1-19-3-7-23(8-4-19)26-16-13-24(18-28)27(26)17-20-5-9-21(10-6-20)22-11-14-25(29-2)15-12-22/h3-16,28H,17-18H2,1-2H3. The molecule has 3 heteroatoms. The molecule has 0 bridgehead atoms. The molecule has 0 radical (unpaired) electrons. The van der Waals surface area contributed by atoms with Crippen LogP contribution in [0.4, 0.5) is 0 Å². The number of benzene rings is 3. The highest BCUT2D eigenvalue weighted by Crippen LogP contribution is 2.26. The maximum Gasteiger partial charge on any atom is 0.118 e. The molecule has 0 unspecified atom stereocenters. The molecule has 4 rings (SSSR count). The summed E-state index contributed by atoms with van der Waals surface area (Å²) in [5.74, 6) is 0.859. The molecule has 0 amide bonds. The van der Waals surface area contributed by atoms with Gasteiger partial charge in [-0.1, -0.05) is 66.2 Å². The summed E-state index contributed by atoms with van der Waals surface area (Å²) in [5.41, 5.74) is 7.96. The lowest BCUT2D eigenvalue weighted by Crippen LogP contribution is -2.06. The topological polar surface area (TPSA) is 34.4 Å². The molecule has 0 fully saturated rings. The van der Waals surface area contributed by atoms with Crippen LogP contribution in [0.5, 0.6) is 5.75 Å². The number of ether oxygens (including phenoxy) is 1. The van der Waals surface area contributed by atoms with Crippen LogP contribution in [-0.2, 0) is 13.2 Å². The van der Waals surface area contributed by atoms with Gasteiger partial charge in [-0.3, -0.25) is 0 Å². The molecule has 4 aromatic rings. The Bertz CT molecular complexity index is 1080. The highest BCUT2D eigenvalue weighted by atomic mass is 16.5. The minimum atomic E-state index is 0.0236. The summed E-state index contributed by atoms with van der Waals surface area (Å²) in [4.78, 5) is 0. The molecule has 0 aliphatic rings. The second kappa shape index (κ2) is 8.38. The van der Waals surface area contributed by atoms with E-state index in [0.717, 1.165) is 34.8 Å². The van der Waals surface area contributed by atoms with Gasteiger partial charge in [-0.05, 0) is 53.4 Å². The van der Waals surface area contributed by atoms with Gasteiger partial charge in [0.15, 0.2) is 0 Å². The molecule has 1 heterocycles. The van der Waals surface area contributed by atoms with E-state index < -0.39 is 0 Å². The highest BCUT2D eigenvalue weighted by molar-refractivity contribution is 5.65. The summed E-state index contributed by atoms with van der Waals surface area (Å²) in [6.07, 6.45) is 0. The maximum absolute atomic E-state index is 9.81. The molecule has 0 atom stereocenters. The summed E-state index contributed by atoms with van der Waals surface area (Å²) in [6, 6.07) is 29.3. The molecular formula is C26H25NO2. The van der Waals surface area contributed by atoms with Crippen molar-refractivity contribution in [3.63, 3.8) is 0 Å². The van der Waals surface area contributed by atoms with Gasteiger partial charge in [0, 0.05) is 17.9 Å². The van der Waals surface area contributed by atoms with Crippen molar-refractivity contribution in [3.05, 3.63) is 102 Å². The van der Waals surface area contributed by atoms with E-state index in [2.05, 4.69) is 78.2 Å². The number of aliphatic hydroxyl groups is 1. The largest absolute Gasteiger partial charge is 0.497 e. The van der Waals surface area contributed by atoms with Crippen molar-refractivity contribution in [2.24, 2.45) is 0 Å². The maximum atomic E-state index is 9.81. The van der Waals surface area contributed by atoms with Crippen LogP contribution in [0.3, 0.4) is 0 Å². The molecule has 0 aliphatic carbocycles. The predicted molar refractivity (Wildman–Crippen MR) is 118 cm³/mol. The third kappa shape index (κ3) is 4.10. The zero-order valence-electron chi connectivity index (χ0n) is 16.8. The van der Waals surface area contributed by atoms with Gasteiger partial charge in [0.05, 0.1) is 13.7 Å². The molecule has 3 nitrogen and oxygen atoms in total. The van der Waals surface area contributed by atoms with Gasteiger partial charge < -0.3 is 14.4 Å². The van der Waals surface area contributed by atoms with Gasteiger partial charge >= 0.3 is 0 Å². The van der Waals surface area contributed by atoms with E-state index in [1.807, 2.05) is 18.2 Å². The molecule has 0 aliphatic heterocycles. The zero-order chi connectivity index (χ0) is 20.2. The van der Waals surface area contributed by atoms with E-state index in [-0.39, 0.29) is 6.61 Å². The Balaban J connectivity index is 1.60. The quantitative estimate of drug-likeness (QED) is 0.465. The van der Waals surface area contributed by atoms with E-state index in [0.29, 0.717) is 0 Å². The minimum absolute atomic E-state index is 0.0236. The first kappa shape index (κ1) is 19.0. The third-order valence-electron chi connectivity index (χ3n) is 5.30. The Kier molecular flexibility index (Phi) is 5.50. The van der Waals surface area contributed by atoms with Crippen LogP contribution in [0.15, 0.2) is 84.9 Å². The van der Waals surface area contributed by atoms with Crippen molar-refractivity contribution >= 4 is 0 Å². The fourth-order valence-corrected chi connectivity index (χ4v) is 3.58. The predicted octanol–water partition coefficient (Wildman–Crippen LogP) is 5.68. The number of hydrogen-bond donors (Lipinski definition) is 1. The summed E-state index contributed by atoms with van der Waals surface area (Å²) in [6.45, 7) is 2.83. The summed E-state index contributed by atoms with van der Waals surface area (Å²) >= 11 is 0. The zero-order valence-corrected chi connectivity index (χ0v) is 16.8. The number of aromatic nitrogens is 1. The number of aryl methyl sites for hydroxylation is 1. The fraction of sp³-hybridized carbons (Fsp3) is 0.154. The van der Waals surface area contributed by atoms with E-state index in [9.17, 15) is 5.11 Å². The Morgan fingerprint density at radius 3 is 1.90 bits per heavy atom. The Morgan fingerprint density at radius 1 is 0.724 bits per heavy atom. The molecular weight excluding hydrogens is 358 g/mol. The van der Waals surface area contributed by atoms with Crippen LogP contribution >= 0.6 is 0 Å². The minimum Gasteiger partial charge on any atom is -0.497 e. The van der Waals surface area contributed by atoms with E-state index >= 15 is 0 Å². The van der Waals surface area contributed by atoms with Crippen LogP contribution in [0, 0.1) is 6.92 Å². The third-order valence-corrected chi connectivity index (χ3v) is 5.30. The number of methoxy groups -OCH3 is 1. The molecule has 3 aromatic carbocycles. The first-order chi connectivity index (χ1) is 14.2. The van der Waals surface area contributed by atoms with E-state index in [4.69, 9.17) is 4.74 Å². The average Bonchev–Trinajstić information content (AvgIpc) is 3.17. The van der Waals surface area contributed by atoms with Crippen LogP contribution in [-0.4, -0.2) is 16.8 Å².